The fourth-order valence-corrected chi connectivity index (χ4v) is 3.83. The van der Waals surface area contributed by atoms with Crippen LogP contribution in [0.25, 0.3) is 16.6 Å². The average Bonchev–Trinajstić information content (AvgIpc) is 2.91. The molecular weight excluding hydrogens is 338 g/mol. The summed E-state index contributed by atoms with van der Waals surface area (Å²) in [7, 11) is 0. The van der Waals surface area contributed by atoms with Crippen LogP contribution in [0.15, 0.2) is 30.7 Å². The van der Waals surface area contributed by atoms with E-state index in [2.05, 4.69) is 15.6 Å². The molecule has 144 valence electrons. The largest absolute Gasteiger partial charge is 0.404 e. The molecule has 1 aliphatic rings. The molecule has 0 aliphatic carbocycles. The molecule has 6 nitrogen and oxygen atoms in total. The van der Waals surface area contributed by atoms with Crippen molar-refractivity contribution in [2.75, 3.05) is 13.1 Å². The van der Waals surface area contributed by atoms with Crippen LogP contribution in [0.5, 0.6) is 0 Å². The normalized spacial score (nSPS) is 18.7. The van der Waals surface area contributed by atoms with Crippen molar-refractivity contribution >= 4 is 28.7 Å². The zero-order valence-corrected chi connectivity index (χ0v) is 16.2. The number of imidazole rings is 1. The lowest BCUT2D eigenvalue weighted by Gasteiger charge is -2.22. The zero-order chi connectivity index (χ0) is 19.4. The van der Waals surface area contributed by atoms with Crippen molar-refractivity contribution in [3.05, 3.63) is 36.3 Å². The van der Waals surface area contributed by atoms with Gasteiger partial charge in [0, 0.05) is 43.5 Å². The molecule has 1 aromatic carbocycles. The monoisotopic (exact) mass is 367 g/mol. The number of amides is 1. The summed E-state index contributed by atoms with van der Waals surface area (Å²) in [6.45, 7) is 6.59. The summed E-state index contributed by atoms with van der Waals surface area (Å²) >= 11 is 0. The fourth-order valence-electron chi connectivity index (χ4n) is 3.83. The molecule has 0 radical (unpaired) electrons. The van der Waals surface area contributed by atoms with Gasteiger partial charge in [0.15, 0.2) is 0 Å². The summed E-state index contributed by atoms with van der Waals surface area (Å²) < 4.78 is 2.21. The van der Waals surface area contributed by atoms with E-state index in [0.717, 1.165) is 55.5 Å². The van der Waals surface area contributed by atoms with Crippen molar-refractivity contribution in [3.8, 4) is 0 Å². The van der Waals surface area contributed by atoms with Gasteiger partial charge in [0.1, 0.15) is 0 Å². The van der Waals surface area contributed by atoms with E-state index >= 15 is 0 Å². The summed E-state index contributed by atoms with van der Waals surface area (Å²) in [5.74, 6) is 0.890. The molecule has 1 aromatic heterocycles. The van der Waals surface area contributed by atoms with E-state index in [0.29, 0.717) is 11.5 Å². The van der Waals surface area contributed by atoms with Gasteiger partial charge >= 0.3 is 0 Å². The number of rotatable bonds is 5. The highest BCUT2D eigenvalue weighted by molar-refractivity contribution is 6.08. The zero-order valence-electron chi connectivity index (χ0n) is 16.2. The van der Waals surface area contributed by atoms with Gasteiger partial charge in [-0.1, -0.05) is 19.9 Å². The third kappa shape index (κ3) is 4.21. The highest BCUT2D eigenvalue weighted by Crippen LogP contribution is 2.24. The van der Waals surface area contributed by atoms with Crippen LogP contribution in [0, 0.1) is 17.2 Å². The second-order valence-electron chi connectivity index (χ2n) is 7.64. The molecule has 0 saturated carbocycles. The number of fused-ring (bicyclic) bond motifs is 1. The van der Waals surface area contributed by atoms with Gasteiger partial charge in [-0.05, 0) is 42.9 Å². The predicted octanol–water partition coefficient (Wildman–Crippen LogP) is 3.27. The van der Waals surface area contributed by atoms with Gasteiger partial charge in [-0.2, -0.15) is 0 Å². The van der Waals surface area contributed by atoms with Crippen LogP contribution in [0.1, 0.15) is 38.7 Å². The number of nitrogens with two attached hydrogens (primary N) is 1. The second kappa shape index (κ2) is 8.37. The minimum atomic E-state index is 0.0711. The van der Waals surface area contributed by atoms with E-state index in [4.69, 9.17) is 11.1 Å². The number of hydrogen-bond donors (Lipinski definition) is 2. The van der Waals surface area contributed by atoms with Crippen molar-refractivity contribution in [1.29, 1.82) is 5.41 Å². The van der Waals surface area contributed by atoms with Crippen LogP contribution in [-0.4, -0.2) is 39.7 Å². The Labute approximate surface area is 160 Å². The summed E-state index contributed by atoms with van der Waals surface area (Å²) in [4.78, 5) is 18.8. The Kier molecular flexibility index (Phi) is 5.94. The Balaban J connectivity index is 1.71. The molecule has 0 bridgehead atoms. The van der Waals surface area contributed by atoms with Gasteiger partial charge < -0.3 is 20.6 Å². The third-order valence-electron chi connectivity index (χ3n) is 5.40. The lowest BCUT2D eigenvalue weighted by atomic mass is 10.0. The van der Waals surface area contributed by atoms with E-state index in [1.807, 2.05) is 37.2 Å². The molecule has 3 N–H and O–H groups in total. The number of hydrogen-bond acceptors (Lipinski definition) is 4. The summed E-state index contributed by atoms with van der Waals surface area (Å²) in [6, 6.07) is 6.02. The second-order valence-corrected chi connectivity index (χ2v) is 7.64. The van der Waals surface area contributed by atoms with E-state index < -0.39 is 0 Å². The standard InChI is InChI=1S/C21H29N5O/c1-15(2)21(27)25-8-3-4-16(7-9-25)13-26-14-24-19-10-17(5-6-20(19)26)18(11-22)12-23/h5-6,10-12,14-16,22H,3-4,7-9,13,23H2,1-2H3/b18-12+,22-11?. The first kappa shape index (κ1) is 19.1. The number of benzene rings is 1. The number of likely N-dealkylation sites (tertiary alicyclic amines) is 1. The summed E-state index contributed by atoms with van der Waals surface area (Å²) in [5.41, 5.74) is 9.19. The van der Waals surface area contributed by atoms with Gasteiger partial charge in [-0.25, -0.2) is 4.98 Å². The van der Waals surface area contributed by atoms with Crippen LogP contribution in [-0.2, 0) is 11.3 Å². The quantitative estimate of drug-likeness (QED) is 0.795. The van der Waals surface area contributed by atoms with Crippen LogP contribution in [0.4, 0.5) is 0 Å². The van der Waals surface area contributed by atoms with Gasteiger partial charge in [-0.15, -0.1) is 0 Å². The molecule has 0 spiro atoms. The molecule has 1 saturated heterocycles. The van der Waals surface area contributed by atoms with Crippen molar-refractivity contribution < 1.29 is 4.79 Å². The van der Waals surface area contributed by atoms with Crippen molar-refractivity contribution in [1.82, 2.24) is 14.5 Å². The minimum Gasteiger partial charge on any atom is -0.404 e. The van der Waals surface area contributed by atoms with Gasteiger partial charge in [0.05, 0.1) is 17.4 Å². The molecule has 1 amide bonds. The van der Waals surface area contributed by atoms with Crippen LogP contribution in [0.2, 0.25) is 0 Å². The number of allylic oxidation sites excluding steroid dienone is 1. The lowest BCUT2D eigenvalue weighted by Crippen LogP contribution is -2.35. The minimum absolute atomic E-state index is 0.0711. The Morgan fingerprint density at radius 2 is 2.19 bits per heavy atom. The molecule has 1 atom stereocenters. The van der Waals surface area contributed by atoms with Gasteiger partial charge in [0.2, 0.25) is 5.91 Å². The first-order valence-corrected chi connectivity index (χ1v) is 9.70. The topological polar surface area (TPSA) is 88.0 Å². The lowest BCUT2D eigenvalue weighted by molar-refractivity contribution is -0.134. The first-order valence-electron chi connectivity index (χ1n) is 9.70. The molecule has 1 unspecified atom stereocenters. The number of carbonyl (C=O) groups excluding carboxylic acids is 1. The van der Waals surface area contributed by atoms with E-state index in [-0.39, 0.29) is 11.8 Å². The molecule has 6 heteroatoms. The number of nitrogens with zero attached hydrogens (tertiary/aromatic N) is 3. The Hall–Kier alpha value is -2.63. The predicted molar refractivity (Wildman–Crippen MR) is 109 cm³/mol. The SMILES string of the molecule is CC(C)C(=O)N1CCCC(Cn2cnc3cc(/C(C=N)=C/N)ccc32)CC1. The third-order valence-corrected chi connectivity index (χ3v) is 5.40. The van der Waals surface area contributed by atoms with Crippen LogP contribution < -0.4 is 5.73 Å². The fraction of sp³-hybridized carbons (Fsp3) is 0.476. The van der Waals surface area contributed by atoms with Crippen molar-refractivity contribution in [2.24, 2.45) is 17.6 Å². The summed E-state index contributed by atoms with van der Waals surface area (Å²) in [6.07, 6.45) is 7.82. The average molecular weight is 367 g/mol. The maximum Gasteiger partial charge on any atom is 0.225 e. The van der Waals surface area contributed by atoms with Crippen molar-refractivity contribution in [2.45, 2.75) is 39.7 Å². The smallest absolute Gasteiger partial charge is 0.225 e. The van der Waals surface area contributed by atoms with E-state index in [1.165, 1.54) is 12.4 Å². The van der Waals surface area contributed by atoms with E-state index in [1.54, 1.807) is 0 Å². The molecule has 1 aliphatic heterocycles. The number of aromatic nitrogens is 2. The Bertz CT molecular complexity index is 851. The number of carbonyl (C=O) groups is 1. The molecular formula is C21H29N5O. The van der Waals surface area contributed by atoms with Gasteiger partial charge in [-0.3, -0.25) is 4.79 Å². The van der Waals surface area contributed by atoms with Crippen LogP contribution in [0.3, 0.4) is 0 Å². The maximum absolute atomic E-state index is 12.3. The molecule has 1 fully saturated rings. The Morgan fingerprint density at radius 3 is 2.89 bits per heavy atom. The maximum atomic E-state index is 12.3. The van der Waals surface area contributed by atoms with Crippen LogP contribution >= 0.6 is 0 Å². The highest BCUT2D eigenvalue weighted by atomic mass is 16.2. The van der Waals surface area contributed by atoms with Gasteiger partial charge in [0.25, 0.3) is 0 Å². The molecule has 27 heavy (non-hydrogen) atoms. The molecule has 2 aromatic rings. The highest BCUT2D eigenvalue weighted by Gasteiger charge is 2.22. The molecule has 3 rings (SSSR count). The Morgan fingerprint density at radius 1 is 1.37 bits per heavy atom. The first-order chi connectivity index (χ1) is 13.0. The summed E-state index contributed by atoms with van der Waals surface area (Å²) in [5, 5.41) is 7.45. The van der Waals surface area contributed by atoms with Crippen molar-refractivity contribution in [3.63, 3.8) is 0 Å². The van der Waals surface area contributed by atoms with E-state index in [9.17, 15) is 4.79 Å². The molecule has 2 heterocycles. The number of nitrogens with one attached hydrogen (secondary N) is 1.